The summed E-state index contributed by atoms with van der Waals surface area (Å²) in [6.07, 6.45) is 6.93. The van der Waals surface area contributed by atoms with Crippen LogP contribution in [0.5, 0.6) is 5.75 Å². The van der Waals surface area contributed by atoms with Crippen LogP contribution in [0, 0.1) is 0 Å². The summed E-state index contributed by atoms with van der Waals surface area (Å²) in [5, 5.41) is 6.46. The lowest BCUT2D eigenvalue weighted by Gasteiger charge is -2.13. The molecule has 7 nitrogen and oxygen atoms in total. The molecule has 1 aromatic heterocycles. The number of nitrogens with zero attached hydrogens (tertiary/aromatic N) is 2. The fourth-order valence-electron chi connectivity index (χ4n) is 2.36. The lowest BCUT2D eigenvalue weighted by atomic mass is 10.2. The van der Waals surface area contributed by atoms with Gasteiger partial charge in [-0.15, -0.1) is 24.0 Å². The zero-order chi connectivity index (χ0) is 16.9. The van der Waals surface area contributed by atoms with Crippen molar-refractivity contribution in [3.63, 3.8) is 0 Å². The molecule has 0 aliphatic carbocycles. The molecule has 1 unspecified atom stereocenters. The van der Waals surface area contributed by atoms with Gasteiger partial charge in [-0.25, -0.2) is 0 Å². The predicted octanol–water partition coefficient (Wildman–Crippen LogP) is 1.83. The van der Waals surface area contributed by atoms with Crippen LogP contribution in [-0.2, 0) is 9.47 Å². The summed E-state index contributed by atoms with van der Waals surface area (Å²) in [6, 6.07) is 3.74. The molecule has 2 rings (SSSR count). The van der Waals surface area contributed by atoms with E-state index in [9.17, 15) is 0 Å². The van der Waals surface area contributed by atoms with Gasteiger partial charge in [0.25, 0.3) is 0 Å². The van der Waals surface area contributed by atoms with Crippen LogP contribution in [0.25, 0.3) is 0 Å². The third-order valence-electron chi connectivity index (χ3n) is 3.61. The Balaban J connectivity index is 0.00000312. The molecule has 0 saturated carbocycles. The molecule has 1 aliphatic heterocycles. The maximum Gasteiger partial charge on any atom is 0.191 e. The van der Waals surface area contributed by atoms with Crippen molar-refractivity contribution in [2.24, 2.45) is 4.99 Å². The molecule has 0 radical (unpaired) electrons. The molecule has 1 saturated heterocycles. The van der Waals surface area contributed by atoms with Crippen LogP contribution in [0.1, 0.15) is 19.3 Å². The normalized spacial score (nSPS) is 17.0. The number of hydrogen-bond donors (Lipinski definition) is 2. The average molecular weight is 464 g/mol. The van der Waals surface area contributed by atoms with Crippen LogP contribution >= 0.6 is 24.0 Å². The van der Waals surface area contributed by atoms with Crippen molar-refractivity contribution >= 4 is 29.9 Å². The Morgan fingerprint density at radius 2 is 2.24 bits per heavy atom. The zero-order valence-electron chi connectivity index (χ0n) is 14.8. The van der Waals surface area contributed by atoms with Gasteiger partial charge in [0, 0.05) is 33.0 Å². The maximum absolute atomic E-state index is 5.63. The minimum atomic E-state index is 0. The third kappa shape index (κ3) is 9.81. The molecule has 0 spiro atoms. The summed E-state index contributed by atoms with van der Waals surface area (Å²) in [4.78, 5) is 8.18. The van der Waals surface area contributed by atoms with Crippen molar-refractivity contribution < 1.29 is 14.2 Å². The first-order valence-corrected chi connectivity index (χ1v) is 8.55. The Bertz CT molecular complexity index is 470. The first-order valence-electron chi connectivity index (χ1n) is 8.55. The SMILES string of the molecule is CN=C(NCCCOCC1CCCO1)NCCOc1cccnc1.I. The molecule has 1 aromatic rings. The first kappa shape index (κ1) is 21.9. The highest BCUT2D eigenvalue weighted by atomic mass is 127. The number of guanidine groups is 1. The molecule has 1 aliphatic rings. The highest BCUT2D eigenvalue weighted by molar-refractivity contribution is 14.0. The monoisotopic (exact) mass is 464 g/mol. The van der Waals surface area contributed by atoms with E-state index in [4.69, 9.17) is 14.2 Å². The van der Waals surface area contributed by atoms with E-state index in [-0.39, 0.29) is 24.0 Å². The van der Waals surface area contributed by atoms with Gasteiger partial charge in [-0.1, -0.05) is 0 Å². The van der Waals surface area contributed by atoms with Gasteiger partial charge >= 0.3 is 0 Å². The van der Waals surface area contributed by atoms with Crippen LogP contribution in [-0.4, -0.2) is 63.6 Å². The number of aromatic nitrogens is 1. The number of hydrogen-bond acceptors (Lipinski definition) is 5. The van der Waals surface area contributed by atoms with Crippen LogP contribution in [0.4, 0.5) is 0 Å². The van der Waals surface area contributed by atoms with Crippen LogP contribution in [0.15, 0.2) is 29.5 Å². The summed E-state index contributed by atoms with van der Waals surface area (Å²) < 4.78 is 16.7. The van der Waals surface area contributed by atoms with Crippen molar-refractivity contribution in [1.29, 1.82) is 0 Å². The van der Waals surface area contributed by atoms with Gasteiger partial charge in [0.15, 0.2) is 5.96 Å². The second-order valence-electron chi connectivity index (χ2n) is 5.53. The molecule has 1 fully saturated rings. The van der Waals surface area contributed by atoms with Crippen LogP contribution in [0.3, 0.4) is 0 Å². The average Bonchev–Trinajstić information content (AvgIpc) is 3.14. The largest absolute Gasteiger partial charge is 0.490 e. The Labute approximate surface area is 167 Å². The van der Waals surface area contributed by atoms with E-state index in [1.54, 1.807) is 19.4 Å². The first-order chi connectivity index (χ1) is 11.9. The van der Waals surface area contributed by atoms with Crippen LogP contribution < -0.4 is 15.4 Å². The topological polar surface area (TPSA) is 77.0 Å². The molecular weight excluding hydrogens is 435 g/mol. The summed E-state index contributed by atoms with van der Waals surface area (Å²) >= 11 is 0. The van der Waals surface area contributed by atoms with E-state index < -0.39 is 0 Å². The molecule has 0 amide bonds. The Morgan fingerprint density at radius 3 is 2.96 bits per heavy atom. The van der Waals surface area contributed by atoms with Crippen molar-refractivity contribution in [2.75, 3.05) is 46.6 Å². The maximum atomic E-state index is 5.63. The van der Waals surface area contributed by atoms with Gasteiger partial charge in [0.1, 0.15) is 12.4 Å². The molecular formula is C17H29IN4O3. The van der Waals surface area contributed by atoms with E-state index >= 15 is 0 Å². The highest BCUT2D eigenvalue weighted by Crippen LogP contribution is 2.11. The lowest BCUT2D eigenvalue weighted by Crippen LogP contribution is -2.40. The quantitative estimate of drug-likeness (QED) is 0.238. The van der Waals surface area contributed by atoms with Gasteiger partial charge in [-0.3, -0.25) is 9.98 Å². The summed E-state index contributed by atoms with van der Waals surface area (Å²) in [5.74, 6) is 1.54. The highest BCUT2D eigenvalue weighted by Gasteiger charge is 2.14. The van der Waals surface area contributed by atoms with Crippen molar-refractivity contribution in [1.82, 2.24) is 15.6 Å². The Kier molecular flexibility index (Phi) is 12.3. The molecule has 142 valence electrons. The second-order valence-corrected chi connectivity index (χ2v) is 5.53. The number of nitrogens with one attached hydrogen (secondary N) is 2. The smallest absolute Gasteiger partial charge is 0.191 e. The standard InChI is InChI=1S/C17H28N4O3.HI/c1-18-17(21-9-12-24-15-5-2-7-19-13-15)20-8-4-10-22-14-16-6-3-11-23-16;/h2,5,7,13,16H,3-4,6,8-12,14H2,1H3,(H2,18,20,21);1H. The molecule has 0 bridgehead atoms. The summed E-state index contributed by atoms with van der Waals surface area (Å²) in [6.45, 7) is 4.35. The van der Waals surface area contributed by atoms with Gasteiger partial charge in [0.05, 0.1) is 25.5 Å². The number of rotatable bonds is 10. The number of aliphatic imine (C=N–C) groups is 1. The van der Waals surface area contributed by atoms with E-state index in [1.165, 1.54) is 0 Å². The molecule has 25 heavy (non-hydrogen) atoms. The zero-order valence-corrected chi connectivity index (χ0v) is 17.1. The van der Waals surface area contributed by atoms with E-state index in [1.807, 2.05) is 12.1 Å². The number of halogens is 1. The van der Waals surface area contributed by atoms with Gasteiger partial charge in [-0.05, 0) is 31.4 Å². The molecule has 1 atom stereocenters. The summed E-state index contributed by atoms with van der Waals surface area (Å²) in [7, 11) is 1.76. The molecule has 2 heterocycles. The second kappa shape index (κ2) is 14.1. The predicted molar refractivity (Wildman–Crippen MR) is 109 cm³/mol. The molecule has 0 aromatic carbocycles. The fourth-order valence-corrected chi connectivity index (χ4v) is 2.36. The molecule has 8 heteroatoms. The van der Waals surface area contributed by atoms with Crippen LogP contribution in [0.2, 0.25) is 0 Å². The number of ether oxygens (including phenoxy) is 3. The van der Waals surface area contributed by atoms with Gasteiger partial charge < -0.3 is 24.8 Å². The Hall–Kier alpha value is -1.13. The number of pyridine rings is 1. The fraction of sp³-hybridized carbons (Fsp3) is 0.647. The van der Waals surface area contributed by atoms with Crippen molar-refractivity contribution in [2.45, 2.75) is 25.4 Å². The van der Waals surface area contributed by atoms with Crippen molar-refractivity contribution in [3.8, 4) is 5.75 Å². The van der Waals surface area contributed by atoms with Gasteiger partial charge in [-0.2, -0.15) is 0 Å². The van der Waals surface area contributed by atoms with Crippen molar-refractivity contribution in [3.05, 3.63) is 24.5 Å². The minimum Gasteiger partial charge on any atom is -0.490 e. The molecule has 2 N–H and O–H groups in total. The Morgan fingerprint density at radius 1 is 1.36 bits per heavy atom. The van der Waals surface area contributed by atoms with E-state index in [0.717, 1.165) is 50.7 Å². The minimum absolute atomic E-state index is 0. The third-order valence-corrected chi connectivity index (χ3v) is 3.61. The lowest BCUT2D eigenvalue weighted by molar-refractivity contribution is 0.0168. The summed E-state index contributed by atoms with van der Waals surface area (Å²) in [5.41, 5.74) is 0. The van der Waals surface area contributed by atoms with Gasteiger partial charge in [0.2, 0.25) is 0 Å². The van der Waals surface area contributed by atoms with E-state index in [0.29, 0.717) is 25.9 Å². The van der Waals surface area contributed by atoms with E-state index in [2.05, 4.69) is 20.6 Å².